The zero-order valence-electron chi connectivity index (χ0n) is 15.5. The minimum Gasteiger partial charge on any atom is -0.373 e. The lowest BCUT2D eigenvalue weighted by atomic mass is 9.97. The van der Waals surface area contributed by atoms with E-state index in [2.05, 4.69) is 60.0 Å². The molecule has 4 rings (SSSR count). The number of fused-ring (bicyclic) bond motifs is 1. The standard InChI is InChI=1S/C19H24N4O2S/c1-11-6-5-7-15(8-11)16(22-9-12(2)25-13(3)10-22)17-18(24)23-19(26-17)20-14(4)21-23/h5-8,12-13,16-17H,9-10H2,1-4H3. The van der Waals surface area contributed by atoms with Gasteiger partial charge in [-0.05, 0) is 33.3 Å². The van der Waals surface area contributed by atoms with Crippen LogP contribution in [0.15, 0.2) is 29.4 Å². The molecular formula is C19H24N4O2S. The highest BCUT2D eigenvalue weighted by atomic mass is 32.2. The van der Waals surface area contributed by atoms with E-state index in [0.717, 1.165) is 13.1 Å². The molecule has 4 atom stereocenters. The van der Waals surface area contributed by atoms with Crippen LogP contribution in [-0.2, 0) is 4.74 Å². The van der Waals surface area contributed by atoms with Gasteiger partial charge >= 0.3 is 0 Å². The molecular weight excluding hydrogens is 348 g/mol. The Bertz CT molecular complexity index is 827. The number of morpholine rings is 1. The third-order valence-corrected chi connectivity index (χ3v) is 6.07. The van der Waals surface area contributed by atoms with E-state index in [0.29, 0.717) is 11.0 Å². The number of aryl methyl sites for hydroxylation is 2. The molecule has 1 saturated heterocycles. The van der Waals surface area contributed by atoms with Gasteiger partial charge in [0, 0.05) is 13.1 Å². The van der Waals surface area contributed by atoms with Crippen LogP contribution in [0.4, 0.5) is 0 Å². The lowest BCUT2D eigenvalue weighted by Crippen LogP contribution is -2.50. The van der Waals surface area contributed by atoms with Crippen molar-refractivity contribution in [1.29, 1.82) is 0 Å². The van der Waals surface area contributed by atoms with Gasteiger partial charge in [0.2, 0.25) is 0 Å². The third-order valence-electron chi connectivity index (χ3n) is 4.88. The predicted octanol–water partition coefficient (Wildman–Crippen LogP) is 2.86. The van der Waals surface area contributed by atoms with Gasteiger partial charge in [0.15, 0.2) is 5.16 Å². The van der Waals surface area contributed by atoms with E-state index < -0.39 is 0 Å². The van der Waals surface area contributed by atoms with Gasteiger partial charge in [-0.15, -0.1) is 5.10 Å². The van der Waals surface area contributed by atoms with Crippen molar-refractivity contribution in [2.24, 2.45) is 0 Å². The average molecular weight is 372 g/mol. The van der Waals surface area contributed by atoms with Crippen molar-refractivity contribution in [1.82, 2.24) is 19.7 Å². The number of ether oxygens (including phenoxy) is 1. The maximum Gasteiger partial charge on any atom is 0.264 e. The van der Waals surface area contributed by atoms with Crippen LogP contribution < -0.4 is 0 Å². The SMILES string of the molecule is Cc1cccc(C(C2Sc3nc(C)nn3C2=O)N2CC(C)OC(C)C2)c1. The molecule has 1 fully saturated rings. The van der Waals surface area contributed by atoms with Crippen LogP contribution in [0.3, 0.4) is 0 Å². The van der Waals surface area contributed by atoms with Gasteiger partial charge in [-0.2, -0.15) is 4.68 Å². The van der Waals surface area contributed by atoms with Gasteiger partial charge in [-0.3, -0.25) is 9.69 Å². The molecule has 0 amide bonds. The molecule has 2 aliphatic rings. The minimum atomic E-state index is -0.245. The van der Waals surface area contributed by atoms with E-state index in [4.69, 9.17) is 4.74 Å². The molecule has 2 aliphatic heterocycles. The first-order valence-corrected chi connectivity index (χ1v) is 9.91. The highest BCUT2D eigenvalue weighted by Crippen LogP contribution is 2.41. The minimum absolute atomic E-state index is 0.0175. The van der Waals surface area contributed by atoms with E-state index >= 15 is 0 Å². The van der Waals surface area contributed by atoms with E-state index in [1.165, 1.54) is 27.6 Å². The van der Waals surface area contributed by atoms with Gasteiger partial charge in [-0.25, -0.2) is 4.98 Å². The smallest absolute Gasteiger partial charge is 0.264 e. The maximum atomic E-state index is 13.1. The Labute approximate surface area is 157 Å². The van der Waals surface area contributed by atoms with Gasteiger partial charge in [0.1, 0.15) is 11.1 Å². The molecule has 0 bridgehead atoms. The molecule has 0 N–H and O–H groups in total. The highest BCUT2D eigenvalue weighted by molar-refractivity contribution is 8.00. The zero-order chi connectivity index (χ0) is 18.4. The van der Waals surface area contributed by atoms with Crippen molar-refractivity contribution in [2.45, 2.75) is 56.4 Å². The second kappa shape index (κ2) is 6.79. The monoisotopic (exact) mass is 372 g/mol. The van der Waals surface area contributed by atoms with Crippen LogP contribution in [0.2, 0.25) is 0 Å². The fraction of sp³-hybridized carbons (Fsp3) is 0.526. The van der Waals surface area contributed by atoms with Crippen LogP contribution in [0.25, 0.3) is 0 Å². The second-order valence-electron chi connectivity index (χ2n) is 7.30. The fourth-order valence-corrected chi connectivity index (χ4v) is 5.28. The summed E-state index contributed by atoms with van der Waals surface area (Å²) in [5.74, 6) is 0.656. The molecule has 138 valence electrons. The Balaban J connectivity index is 1.72. The van der Waals surface area contributed by atoms with Gasteiger partial charge < -0.3 is 4.74 Å². The molecule has 0 spiro atoms. The van der Waals surface area contributed by atoms with Crippen molar-refractivity contribution < 1.29 is 9.53 Å². The van der Waals surface area contributed by atoms with E-state index in [1.807, 2.05) is 6.92 Å². The third kappa shape index (κ3) is 3.19. The van der Waals surface area contributed by atoms with Crippen LogP contribution in [-0.4, -0.2) is 56.1 Å². The number of rotatable bonds is 3. The number of thioether (sulfide) groups is 1. The molecule has 3 heterocycles. The Morgan fingerprint density at radius 2 is 1.96 bits per heavy atom. The van der Waals surface area contributed by atoms with E-state index in [9.17, 15) is 4.79 Å². The van der Waals surface area contributed by atoms with E-state index in [-0.39, 0.29) is 29.4 Å². The number of nitrogens with zero attached hydrogens (tertiary/aromatic N) is 4. The summed E-state index contributed by atoms with van der Waals surface area (Å²) in [7, 11) is 0. The highest BCUT2D eigenvalue weighted by Gasteiger charge is 2.44. The summed E-state index contributed by atoms with van der Waals surface area (Å²) in [5.41, 5.74) is 2.36. The van der Waals surface area contributed by atoms with Crippen LogP contribution in [0, 0.1) is 13.8 Å². The summed E-state index contributed by atoms with van der Waals surface area (Å²) in [5, 5.41) is 4.74. The summed E-state index contributed by atoms with van der Waals surface area (Å²) in [4.78, 5) is 19.9. The molecule has 4 unspecified atom stereocenters. The number of carbonyl (C=O) groups excluding carboxylic acids is 1. The molecule has 6 nitrogen and oxygen atoms in total. The first-order valence-electron chi connectivity index (χ1n) is 9.03. The van der Waals surface area contributed by atoms with Crippen molar-refractivity contribution in [3.05, 3.63) is 41.2 Å². The quantitative estimate of drug-likeness (QED) is 0.826. The summed E-state index contributed by atoms with van der Waals surface area (Å²) in [6.07, 6.45) is 0.287. The molecule has 1 aromatic carbocycles. The number of benzene rings is 1. The second-order valence-corrected chi connectivity index (χ2v) is 8.41. The Hall–Kier alpha value is -1.70. The molecule has 2 aromatic rings. The molecule has 0 radical (unpaired) electrons. The van der Waals surface area contributed by atoms with Crippen molar-refractivity contribution in [3.63, 3.8) is 0 Å². The number of hydrogen-bond acceptors (Lipinski definition) is 6. The summed E-state index contributed by atoms with van der Waals surface area (Å²) < 4.78 is 7.39. The van der Waals surface area contributed by atoms with Gasteiger partial charge in [0.25, 0.3) is 5.91 Å². The lowest BCUT2D eigenvalue weighted by Gasteiger charge is -2.41. The Morgan fingerprint density at radius 1 is 1.23 bits per heavy atom. The first-order chi connectivity index (χ1) is 12.4. The van der Waals surface area contributed by atoms with Crippen LogP contribution in [0.1, 0.15) is 41.6 Å². The Morgan fingerprint density at radius 3 is 2.62 bits per heavy atom. The predicted molar refractivity (Wildman–Crippen MR) is 101 cm³/mol. The van der Waals surface area contributed by atoms with E-state index in [1.54, 1.807) is 0 Å². The maximum absolute atomic E-state index is 13.1. The largest absolute Gasteiger partial charge is 0.373 e. The zero-order valence-corrected chi connectivity index (χ0v) is 16.4. The fourth-order valence-electron chi connectivity index (χ4n) is 3.98. The first kappa shape index (κ1) is 17.7. The van der Waals surface area contributed by atoms with Gasteiger partial charge in [0.05, 0.1) is 18.2 Å². The average Bonchev–Trinajstić information content (AvgIpc) is 3.05. The summed E-state index contributed by atoms with van der Waals surface area (Å²) >= 11 is 1.53. The molecule has 1 aromatic heterocycles. The number of carbonyl (C=O) groups is 1. The van der Waals surface area contributed by atoms with Crippen molar-refractivity contribution in [3.8, 4) is 0 Å². The normalized spacial score (nSPS) is 27.5. The summed E-state index contributed by atoms with van der Waals surface area (Å²) in [6.45, 7) is 9.71. The number of hydrogen-bond donors (Lipinski definition) is 0. The Kier molecular flexibility index (Phi) is 4.62. The van der Waals surface area contributed by atoms with Crippen molar-refractivity contribution >= 4 is 17.7 Å². The topological polar surface area (TPSA) is 60.2 Å². The summed E-state index contributed by atoms with van der Waals surface area (Å²) in [6, 6.07) is 8.44. The molecule has 26 heavy (non-hydrogen) atoms. The molecule has 0 aliphatic carbocycles. The lowest BCUT2D eigenvalue weighted by molar-refractivity contribution is -0.0804. The molecule has 0 saturated carbocycles. The number of aromatic nitrogens is 3. The van der Waals surface area contributed by atoms with Crippen molar-refractivity contribution in [2.75, 3.05) is 13.1 Å². The van der Waals surface area contributed by atoms with Crippen LogP contribution >= 0.6 is 11.8 Å². The van der Waals surface area contributed by atoms with Gasteiger partial charge in [-0.1, -0.05) is 41.6 Å². The van der Waals surface area contributed by atoms with Crippen LogP contribution in [0.5, 0.6) is 0 Å². The molecule has 7 heteroatoms.